The first kappa shape index (κ1) is 22.1. The minimum absolute atomic E-state index is 0.437. The van der Waals surface area contributed by atoms with E-state index in [0.29, 0.717) is 35.2 Å². The van der Waals surface area contributed by atoms with Gasteiger partial charge in [-0.25, -0.2) is 9.77 Å². The van der Waals surface area contributed by atoms with E-state index in [1.54, 1.807) is 11.8 Å². The van der Waals surface area contributed by atoms with E-state index in [1.165, 1.54) is 5.56 Å². The molecule has 164 valence electrons. The van der Waals surface area contributed by atoms with Crippen molar-refractivity contribution in [3.63, 3.8) is 0 Å². The second-order valence-electron chi connectivity index (χ2n) is 7.16. The van der Waals surface area contributed by atoms with Gasteiger partial charge in [-0.05, 0) is 42.4 Å². The van der Waals surface area contributed by atoms with Gasteiger partial charge in [0, 0.05) is 15.6 Å². The molecule has 6 nitrogen and oxygen atoms in total. The fourth-order valence-corrected chi connectivity index (χ4v) is 4.02. The van der Waals surface area contributed by atoms with Crippen molar-refractivity contribution >= 4 is 28.1 Å². The Hall–Kier alpha value is -3.10. The predicted molar refractivity (Wildman–Crippen MR) is 132 cm³/mol. The molecule has 3 aromatic carbocycles. The molecule has 1 aromatic heterocycles. The predicted octanol–water partition coefficient (Wildman–Crippen LogP) is 6.01. The van der Waals surface area contributed by atoms with Gasteiger partial charge in [0.15, 0.2) is 17.3 Å². The molecule has 2 N–H and O–H groups in total. The van der Waals surface area contributed by atoms with Crippen LogP contribution in [-0.4, -0.2) is 22.0 Å². The highest BCUT2D eigenvalue weighted by atomic mass is 79.9. The number of rotatable bonds is 8. The first-order valence-corrected chi connectivity index (χ1v) is 11.3. The van der Waals surface area contributed by atoms with E-state index in [1.807, 2.05) is 54.6 Å². The van der Waals surface area contributed by atoms with Gasteiger partial charge in [-0.1, -0.05) is 70.5 Å². The summed E-state index contributed by atoms with van der Waals surface area (Å²) in [6.07, 6.45) is 0. The minimum Gasteiger partial charge on any atom is -0.493 e. The Morgan fingerprint density at radius 2 is 1.81 bits per heavy atom. The lowest BCUT2D eigenvalue weighted by Gasteiger charge is -2.18. The van der Waals surface area contributed by atoms with E-state index >= 15 is 0 Å². The minimum atomic E-state index is 0.437. The molecule has 0 spiro atoms. The second-order valence-corrected chi connectivity index (χ2v) is 8.40. The topological polar surface area (TPSA) is 64.1 Å². The molecule has 0 bridgehead atoms. The Bertz CT molecular complexity index is 1270. The molecule has 0 radical (unpaired) electrons. The quantitative estimate of drug-likeness (QED) is 0.284. The third-order valence-corrected chi connectivity index (χ3v) is 6.16. The number of benzene rings is 3. The van der Waals surface area contributed by atoms with Crippen LogP contribution in [0.1, 0.15) is 16.7 Å². The number of halogens is 1. The van der Waals surface area contributed by atoms with Gasteiger partial charge in [0.05, 0.1) is 13.7 Å². The zero-order chi connectivity index (χ0) is 22.5. The third-order valence-electron chi connectivity index (χ3n) is 5.14. The maximum Gasteiger partial charge on any atom is 0.214 e. The van der Waals surface area contributed by atoms with Crippen LogP contribution in [0.15, 0.2) is 71.2 Å². The number of ether oxygens (including phenoxy) is 2. The number of nitrogens with one attached hydrogen (secondary N) is 2. The molecule has 0 aliphatic heterocycles. The van der Waals surface area contributed by atoms with Crippen LogP contribution in [0.5, 0.6) is 11.5 Å². The van der Waals surface area contributed by atoms with Crippen molar-refractivity contribution in [1.29, 1.82) is 0 Å². The molecular formula is C24H23BrN4O2S. The van der Waals surface area contributed by atoms with Crippen molar-refractivity contribution in [3.05, 3.63) is 92.7 Å². The van der Waals surface area contributed by atoms with Crippen molar-refractivity contribution in [2.24, 2.45) is 0 Å². The Morgan fingerprint density at radius 3 is 2.56 bits per heavy atom. The average Bonchev–Trinajstić information content (AvgIpc) is 3.18. The fourth-order valence-electron chi connectivity index (χ4n) is 3.37. The van der Waals surface area contributed by atoms with E-state index in [-0.39, 0.29) is 0 Å². The van der Waals surface area contributed by atoms with Gasteiger partial charge in [0.1, 0.15) is 6.61 Å². The van der Waals surface area contributed by atoms with Gasteiger partial charge in [0.25, 0.3) is 0 Å². The number of aromatic amines is 1. The van der Waals surface area contributed by atoms with E-state index in [9.17, 15) is 0 Å². The summed E-state index contributed by atoms with van der Waals surface area (Å²) in [7, 11) is 1.64. The van der Waals surface area contributed by atoms with Crippen molar-refractivity contribution in [3.8, 4) is 22.9 Å². The second kappa shape index (κ2) is 10.0. The van der Waals surface area contributed by atoms with Gasteiger partial charge >= 0.3 is 0 Å². The highest BCUT2D eigenvalue weighted by Crippen LogP contribution is 2.37. The van der Waals surface area contributed by atoms with Crippen molar-refractivity contribution < 1.29 is 9.47 Å². The smallest absolute Gasteiger partial charge is 0.214 e. The average molecular weight is 511 g/mol. The monoisotopic (exact) mass is 510 g/mol. The lowest BCUT2D eigenvalue weighted by Crippen LogP contribution is -2.17. The molecule has 0 aliphatic carbocycles. The Labute approximate surface area is 200 Å². The third kappa shape index (κ3) is 4.71. The largest absolute Gasteiger partial charge is 0.493 e. The number of hydrogen-bond donors (Lipinski definition) is 2. The molecule has 0 aliphatic rings. The summed E-state index contributed by atoms with van der Waals surface area (Å²) in [5, 5.41) is 7.24. The van der Waals surface area contributed by atoms with Crippen molar-refractivity contribution in [2.75, 3.05) is 12.5 Å². The zero-order valence-electron chi connectivity index (χ0n) is 17.8. The maximum atomic E-state index is 6.27. The van der Waals surface area contributed by atoms with Crippen LogP contribution >= 0.6 is 28.1 Å². The lowest BCUT2D eigenvalue weighted by atomic mass is 10.1. The van der Waals surface area contributed by atoms with E-state index in [0.717, 1.165) is 21.2 Å². The van der Waals surface area contributed by atoms with E-state index in [4.69, 9.17) is 21.7 Å². The Kier molecular flexibility index (Phi) is 6.92. The zero-order valence-corrected chi connectivity index (χ0v) is 20.2. The number of aromatic nitrogens is 3. The van der Waals surface area contributed by atoms with E-state index < -0.39 is 0 Å². The van der Waals surface area contributed by atoms with E-state index in [2.05, 4.69) is 50.6 Å². The highest BCUT2D eigenvalue weighted by molar-refractivity contribution is 9.10. The highest BCUT2D eigenvalue weighted by Gasteiger charge is 2.17. The van der Waals surface area contributed by atoms with Gasteiger partial charge in [-0.2, -0.15) is 5.10 Å². The van der Waals surface area contributed by atoms with Gasteiger partial charge < -0.3 is 14.9 Å². The number of methoxy groups -OCH3 is 1. The molecule has 0 fully saturated rings. The number of hydrogen-bond acceptors (Lipinski definition) is 5. The van der Waals surface area contributed by atoms with Crippen LogP contribution in [0.25, 0.3) is 11.4 Å². The molecule has 4 aromatic rings. The summed E-state index contributed by atoms with van der Waals surface area (Å²) in [4.78, 5) is 0. The lowest BCUT2D eigenvalue weighted by molar-refractivity contribution is 0.280. The molecule has 0 saturated carbocycles. The van der Waals surface area contributed by atoms with Gasteiger partial charge in [-0.3, -0.25) is 0 Å². The SMILES string of the molecule is COc1ccc(Br)c(CNn2c(-c3ccccc3)n[nH]c2=S)c1OCc1ccccc1C. The number of nitrogens with zero attached hydrogens (tertiary/aromatic N) is 2. The van der Waals surface area contributed by atoms with Crippen LogP contribution in [0.2, 0.25) is 0 Å². The van der Waals surface area contributed by atoms with Crippen LogP contribution in [0, 0.1) is 11.7 Å². The van der Waals surface area contributed by atoms with Crippen molar-refractivity contribution in [1.82, 2.24) is 14.9 Å². The summed E-state index contributed by atoms with van der Waals surface area (Å²) in [6, 6.07) is 21.9. The summed E-state index contributed by atoms with van der Waals surface area (Å²) in [6.45, 7) is 2.95. The maximum absolute atomic E-state index is 6.27. The fraction of sp³-hybridized carbons (Fsp3) is 0.167. The number of aryl methyl sites for hydroxylation is 1. The van der Waals surface area contributed by atoms with Gasteiger partial charge in [0.2, 0.25) is 4.77 Å². The Morgan fingerprint density at radius 1 is 1.06 bits per heavy atom. The first-order valence-electron chi connectivity index (χ1n) is 10.1. The molecule has 0 amide bonds. The van der Waals surface area contributed by atoms with Crippen LogP contribution < -0.4 is 14.9 Å². The van der Waals surface area contributed by atoms with Crippen LogP contribution in [0.4, 0.5) is 0 Å². The summed E-state index contributed by atoms with van der Waals surface area (Å²) in [5.74, 6) is 2.04. The molecule has 0 unspecified atom stereocenters. The molecule has 8 heteroatoms. The molecule has 1 heterocycles. The molecule has 32 heavy (non-hydrogen) atoms. The normalized spacial score (nSPS) is 10.7. The first-order chi connectivity index (χ1) is 15.6. The molecule has 0 atom stereocenters. The molecule has 4 rings (SSSR count). The number of H-pyrrole nitrogens is 1. The summed E-state index contributed by atoms with van der Waals surface area (Å²) in [5.41, 5.74) is 7.54. The molecule has 0 saturated heterocycles. The Balaban J connectivity index is 1.63. The van der Waals surface area contributed by atoms with Crippen molar-refractivity contribution in [2.45, 2.75) is 20.1 Å². The molecular weight excluding hydrogens is 488 g/mol. The standard InChI is InChI=1S/C24H23BrN4O2S/c1-16-8-6-7-11-18(16)15-31-22-19(20(25)12-13-21(22)30-2)14-26-29-23(27-28-24(29)32)17-9-4-3-5-10-17/h3-13,26H,14-15H2,1-2H3,(H,28,32). The van der Waals surface area contributed by atoms with Crippen LogP contribution in [0.3, 0.4) is 0 Å². The summed E-state index contributed by atoms with van der Waals surface area (Å²) >= 11 is 9.11. The van der Waals surface area contributed by atoms with Gasteiger partial charge in [-0.15, -0.1) is 0 Å². The van der Waals surface area contributed by atoms with Crippen LogP contribution in [-0.2, 0) is 13.2 Å². The summed E-state index contributed by atoms with van der Waals surface area (Å²) < 4.78 is 15.0.